The summed E-state index contributed by atoms with van der Waals surface area (Å²) in [5.41, 5.74) is 1.50. The van der Waals surface area contributed by atoms with Gasteiger partial charge in [0.05, 0.1) is 12.7 Å². The molecule has 2 N–H and O–H groups in total. The van der Waals surface area contributed by atoms with Crippen LogP contribution >= 0.6 is 0 Å². The van der Waals surface area contributed by atoms with E-state index in [1.165, 1.54) is 25.3 Å². The number of imide groups is 1. The zero-order chi connectivity index (χ0) is 24.2. The maximum atomic E-state index is 12.8. The van der Waals surface area contributed by atoms with Crippen LogP contribution in [0.4, 0.5) is 4.79 Å². The van der Waals surface area contributed by atoms with Crippen LogP contribution in [0.5, 0.6) is 5.75 Å². The number of carboxylic acids is 1. The summed E-state index contributed by atoms with van der Waals surface area (Å²) in [6.07, 6.45) is 1.52. The Bertz CT molecular complexity index is 1330. The molecule has 1 aliphatic heterocycles. The van der Waals surface area contributed by atoms with Gasteiger partial charge < -0.3 is 19.9 Å². The average molecular weight is 460 g/mol. The molecule has 3 aromatic rings. The number of aromatic carboxylic acids is 1. The summed E-state index contributed by atoms with van der Waals surface area (Å²) < 4.78 is 10.6. The fourth-order valence-corrected chi connectivity index (χ4v) is 3.51. The number of carbonyl (C=O) groups is 4. The molecule has 0 atom stereocenters. The van der Waals surface area contributed by atoms with Crippen LogP contribution in [0.1, 0.15) is 21.5 Å². The van der Waals surface area contributed by atoms with Crippen LogP contribution in [0.2, 0.25) is 0 Å². The van der Waals surface area contributed by atoms with E-state index in [9.17, 15) is 19.2 Å². The molecule has 0 aromatic heterocycles. The molecule has 0 spiro atoms. The number of nitrogens with zero attached hydrogens (tertiary/aromatic N) is 1. The van der Waals surface area contributed by atoms with E-state index in [-0.39, 0.29) is 17.9 Å². The Balaban J connectivity index is 1.66. The highest BCUT2D eigenvalue weighted by Crippen LogP contribution is 2.31. The number of benzene rings is 3. The standard InChI is InChI=1S/C25H20N2O7/c1-33-22(28)13-27-23(29)20(26-25(27)32)12-19-18-5-3-2-4-16(18)10-11-21(19)34-14-15-6-8-17(9-7-15)24(30)31/h2-12H,13-14H2,1H3,(H,26,32)(H,30,31)/b20-12+. The number of amides is 3. The summed E-state index contributed by atoms with van der Waals surface area (Å²) >= 11 is 0. The third kappa shape index (κ3) is 4.58. The number of methoxy groups -OCH3 is 1. The van der Waals surface area contributed by atoms with Crippen LogP contribution in [0.15, 0.2) is 66.4 Å². The van der Waals surface area contributed by atoms with Crippen LogP contribution < -0.4 is 10.1 Å². The second-order valence-electron chi connectivity index (χ2n) is 7.44. The van der Waals surface area contributed by atoms with E-state index in [1.54, 1.807) is 18.2 Å². The molecule has 3 amide bonds. The Labute approximate surface area is 194 Å². The fourth-order valence-electron chi connectivity index (χ4n) is 3.51. The quantitative estimate of drug-likeness (QED) is 0.315. The van der Waals surface area contributed by atoms with Crippen molar-refractivity contribution in [1.82, 2.24) is 10.2 Å². The average Bonchev–Trinajstić information content (AvgIpc) is 3.10. The monoisotopic (exact) mass is 460 g/mol. The minimum absolute atomic E-state index is 0.000849. The molecule has 0 saturated carbocycles. The molecule has 0 radical (unpaired) electrons. The molecule has 172 valence electrons. The van der Waals surface area contributed by atoms with Crippen molar-refractivity contribution in [1.29, 1.82) is 0 Å². The van der Waals surface area contributed by atoms with Crippen LogP contribution in [0.3, 0.4) is 0 Å². The zero-order valence-corrected chi connectivity index (χ0v) is 18.1. The smallest absolute Gasteiger partial charge is 0.335 e. The molecular weight excluding hydrogens is 440 g/mol. The van der Waals surface area contributed by atoms with Crippen molar-refractivity contribution >= 4 is 40.7 Å². The highest BCUT2D eigenvalue weighted by atomic mass is 16.5. The number of ether oxygens (including phenoxy) is 2. The maximum absolute atomic E-state index is 12.8. The molecule has 1 saturated heterocycles. The summed E-state index contributed by atoms with van der Waals surface area (Å²) in [7, 11) is 1.17. The van der Waals surface area contributed by atoms with Crippen molar-refractivity contribution in [2.75, 3.05) is 13.7 Å². The molecule has 1 fully saturated rings. The van der Waals surface area contributed by atoms with Gasteiger partial charge in [-0.2, -0.15) is 0 Å². The van der Waals surface area contributed by atoms with Crippen molar-refractivity contribution in [2.24, 2.45) is 0 Å². The summed E-state index contributed by atoms with van der Waals surface area (Å²) in [6, 6.07) is 16.7. The van der Waals surface area contributed by atoms with Crippen LogP contribution in [0, 0.1) is 0 Å². The molecule has 9 heteroatoms. The van der Waals surface area contributed by atoms with E-state index in [4.69, 9.17) is 9.84 Å². The van der Waals surface area contributed by atoms with Gasteiger partial charge >= 0.3 is 18.0 Å². The maximum Gasteiger partial charge on any atom is 0.335 e. The minimum Gasteiger partial charge on any atom is -0.488 e. The number of urea groups is 1. The van der Waals surface area contributed by atoms with E-state index in [0.717, 1.165) is 21.2 Å². The molecule has 0 aliphatic carbocycles. The number of hydrogen-bond acceptors (Lipinski definition) is 6. The fraction of sp³-hybridized carbons (Fsp3) is 0.120. The van der Waals surface area contributed by atoms with Gasteiger partial charge in [0.1, 0.15) is 24.6 Å². The van der Waals surface area contributed by atoms with Crippen LogP contribution in [-0.2, 0) is 20.9 Å². The number of fused-ring (bicyclic) bond motifs is 1. The molecule has 0 bridgehead atoms. The molecule has 0 unspecified atom stereocenters. The predicted octanol–water partition coefficient (Wildman–Crippen LogP) is 3.18. The van der Waals surface area contributed by atoms with E-state index < -0.39 is 30.4 Å². The Morgan fingerprint density at radius 1 is 1.03 bits per heavy atom. The van der Waals surface area contributed by atoms with E-state index in [2.05, 4.69) is 10.1 Å². The summed E-state index contributed by atoms with van der Waals surface area (Å²) in [4.78, 5) is 48.4. The summed E-state index contributed by atoms with van der Waals surface area (Å²) in [6.45, 7) is -0.340. The number of hydrogen-bond donors (Lipinski definition) is 2. The lowest BCUT2D eigenvalue weighted by Gasteiger charge is -2.13. The Kier molecular flexibility index (Phi) is 6.26. The lowest BCUT2D eigenvalue weighted by Crippen LogP contribution is -2.36. The SMILES string of the molecule is COC(=O)CN1C(=O)N/C(=C/c2c(OCc3ccc(C(=O)O)cc3)ccc3ccccc23)C1=O. The summed E-state index contributed by atoms with van der Waals surface area (Å²) in [5.74, 6) is -1.92. The molecule has 1 aliphatic rings. The second-order valence-corrected chi connectivity index (χ2v) is 7.44. The highest BCUT2D eigenvalue weighted by Gasteiger charge is 2.35. The van der Waals surface area contributed by atoms with Gasteiger partial charge in [0.25, 0.3) is 5.91 Å². The number of nitrogens with one attached hydrogen (secondary N) is 1. The third-order valence-electron chi connectivity index (χ3n) is 5.29. The van der Waals surface area contributed by atoms with E-state index in [1.807, 2.05) is 30.3 Å². The lowest BCUT2D eigenvalue weighted by molar-refractivity contribution is -0.143. The van der Waals surface area contributed by atoms with Crippen molar-refractivity contribution in [2.45, 2.75) is 6.61 Å². The molecule has 34 heavy (non-hydrogen) atoms. The van der Waals surface area contributed by atoms with Gasteiger partial charge in [-0.05, 0) is 40.6 Å². The Hall–Kier alpha value is -4.66. The molecule has 9 nitrogen and oxygen atoms in total. The van der Waals surface area contributed by atoms with Crippen molar-refractivity contribution in [3.8, 4) is 5.75 Å². The topological polar surface area (TPSA) is 122 Å². The first-order chi connectivity index (χ1) is 16.4. The number of rotatable bonds is 7. The first-order valence-electron chi connectivity index (χ1n) is 10.3. The molecular formula is C25H20N2O7. The van der Waals surface area contributed by atoms with Crippen LogP contribution in [-0.4, -0.2) is 47.5 Å². The minimum atomic E-state index is -1.01. The van der Waals surface area contributed by atoms with Gasteiger partial charge in [-0.3, -0.25) is 9.59 Å². The van der Waals surface area contributed by atoms with Gasteiger partial charge in [-0.25, -0.2) is 14.5 Å². The lowest BCUT2D eigenvalue weighted by atomic mass is 10.0. The first-order valence-corrected chi connectivity index (χ1v) is 10.3. The van der Waals surface area contributed by atoms with Gasteiger partial charge in [0.2, 0.25) is 0 Å². The van der Waals surface area contributed by atoms with Crippen molar-refractivity contribution in [3.05, 3.63) is 83.1 Å². The van der Waals surface area contributed by atoms with Gasteiger partial charge in [-0.15, -0.1) is 0 Å². The van der Waals surface area contributed by atoms with Gasteiger partial charge in [-0.1, -0.05) is 42.5 Å². The normalized spacial score (nSPS) is 14.4. The number of esters is 1. The van der Waals surface area contributed by atoms with Crippen LogP contribution in [0.25, 0.3) is 16.8 Å². The predicted molar refractivity (Wildman–Crippen MR) is 122 cm³/mol. The number of carbonyl (C=O) groups excluding carboxylic acids is 3. The van der Waals surface area contributed by atoms with E-state index in [0.29, 0.717) is 11.3 Å². The number of carboxylic acid groups (broad SMARTS) is 1. The second kappa shape index (κ2) is 9.45. The zero-order valence-electron chi connectivity index (χ0n) is 18.1. The first kappa shape index (κ1) is 22.5. The van der Waals surface area contributed by atoms with E-state index >= 15 is 0 Å². The highest BCUT2D eigenvalue weighted by molar-refractivity contribution is 6.16. The summed E-state index contributed by atoms with van der Waals surface area (Å²) in [5, 5.41) is 13.2. The van der Waals surface area contributed by atoms with Crippen molar-refractivity contribution in [3.63, 3.8) is 0 Å². The molecule has 4 rings (SSSR count). The van der Waals surface area contributed by atoms with Gasteiger partial charge in [0.15, 0.2) is 0 Å². The molecule has 1 heterocycles. The van der Waals surface area contributed by atoms with Crippen molar-refractivity contribution < 1.29 is 33.8 Å². The van der Waals surface area contributed by atoms with Gasteiger partial charge in [0, 0.05) is 5.56 Å². The largest absolute Gasteiger partial charge is 0.488 e. The Morgan fingerprint density at radius 3 is 2.47 bits per heavy atom. The third-order valence-corrected chi connectivity index (χ3v) is 5.29. The Morgan fingerprint density at radius 2 is 1.76 bits per heavy atom. The molecule has 3 aromatic carbocycles.